The maximum Gasteiger partial charge on any atom is 0.433 e. The van der Waals surface area contributed by atoms with Gasteiger partial charge in [-0.2, -0.15) is 13.2 Å². The number of hydrogen-bond donors (Lipinski definition) is 1. The smallest absolute Gasteiger partial charge is 0.433 e. The summed E-state index contributed by atoms with van der Waals surface area (Å²) in [7, 11) is 0.982. The Morgan fingerprint density at radius 2 is 2.07 bits per heavy atom. The number of carbonyl (C=O) groups is 1. The first-order valence-electron chi connectivity index (χ1n) is 9.30. The minimum Gasteiger partial charge on any atom is -0.465 e. The minimum absolute atomic E-state index is 0.0647. The summed E-state index contributed by atoms with van der Waals surface area (Å²) in [5.74, 6) is -1.17. The number of pyridine rings is 3. The second-order valence-corrected chi connectivity index (χ2v) is 5.68. The predicted molar refractivity (Wildman–Crippen MR) is 95.8 cm³/mol. The van der Waals surface area contributed by atoms with Crippen LogP contribution in [0.2, 0.25) is 0 Å². The number of rotatable bonds is 3. The fourth-order valence-corrected chi connectivity index (χ4v) is 2.78. The van der Waals surface area contributed by atoms with E-state index in [1.165, 1.54) is 25.3 Å². The molecular formula is C18H15F3N4O3. The van der Waals surface area contributed by atoms with E-state index in [0.29, 0.717) is 6.07 Å². The Labute approximate surface area is 161 Å². The van der Waals surface area contributed by atoms with E-state index in [0.717, 1.165) is 17.7 Å². The van der Waals surface area contributed by atoms with Crippen LogP contribution in [-0.4, -0.2) is 34.6 Å². The van der Waals surface area contributed by atoms with Crippen LogP contribution >= 0.6 is 0 Å². The van der Waals surface area contributed by atoms with Crippen molar-refractivity contribution in [3.05, 3.63) is 57.8 Å². The molecule has 3 heterocycles. The van der Waals surface area contributed by atoms with E-state index < -0.39 is 47.3 Å². The number of aromatic nitrogens is 3. The highest BCUT2D eigenvalue weighted by molar-refractivity contribution is 6.04. The van der Waals surface area contributed by atoms with Crippen LogP contribution in [-0.2, 0) is 10.9 Å². The molecule has 0 spiro atoms. The van der Waals surface area contributed by atoms with Gasteiger partial charge in [-0.1, -0.05) is 0 Å². The second-order valence-electron chi connectivity index (χ2n) is 5.68. The highest BCUT2D eigenvalue weighted by Crippen LogP contribution is 2.32. The Bertz CT molecular complexity index is 1240. The molecule has 3 rings (SSSR count). The molecule has 0 amide bonds. The second kappa shape index (κ2) is 6.95. The van der Waals surface area contributed by atoms with Gasteiger partial charge in [-0.3, -0.25) is 14.3 Å². The molecule has 0 atom stereocenters. The Hall–Kier alpha value is -3.43. The molecule has 0 aliphatic carbocycles. The van der Waals surface area contributed by atoms with Crippen LogP contribution in [0.25, 0.3) is 16.7 Å². The zero-order valence-corrected chi connectivity index (χ0v) is 14.6. The first-order chi connectivity index (χ1) is 14.3. The van der Waals surface area contributed by atoms with Crippen LogP contribution < -0.4 is 10.9 Å². The highest BCUT2D eigenvalue weighted by Gasteiger charge is 2.34. The lowest BCUT2D eigenvalue weighted by Crippen LogP contribution is -2.29. The Morgan fingerprint density at radius 1 is 1.32 bits per heavy atom. The van der Waals surface area contributed by atoms with Crippen molar-refractivity contribution in [2.75, 3.05) is 19.4 Å². The number of nitrogens with one attached hydrogen (secondary N) is 1. The van der Waals surface area contributed by atoms with Crippen molar-refractivity contribution in [3.63, 3.8) is 0 Å². The molecule has 10 heteroatoms. The summed E-state index contributed by atoms with van der Waals surface area (Å²) in [5, 5.41) is 1.85. The molecular weight excluding hydrogens is 377 g/mol. The van der Waals surface area contributed by atoms with Gasteiger partial charge in [0.25, 0.3) is 5.56 Å². The first kappa shape index (κ1) is 15.6. The molecule has 0 saturated heterocycles. The number of methoxy groups -OCH3 is 1. The number of nitrogens with zero attached hydrogens (tertiary/aromatic N) is 3. The molecule has 0 radical (unpaired) electrons. The third-order valence-electron chi connectivity index (χ3n) is 4.05. The lowest BCUT2D eigenvalue weighted by atomic mass is 10.1. The van der Waals surface area contributed by atoms with Gasteiger partial charge in [0.05, 0.1) is 24.2 Å². The van der Waals surface area contributed by atoms with Crippen molar-refractivity contribution in [2.24, 2.45) is 0 Å². The summed E-state index contributed by atoms with van der Waals surface area (Å²) >= 11 is 0. The van der Waals surface area contributed by atoms with Gasteiger partial charge in [-0.05, 0) is 31.2 Å². The molecule has 3 aromatic heterocycles. The van der Waals surface area contributed by atoms with Gasteiger partial charge in [0.1, 0.15) is 16.9 Å². The Balaban J connectivity index is 2.58. The van der Waals surface area contributed by atoms with E-state index >= 15 is 0 Å². The van der Waals surface area contributed by atoms with E-state index in [1.54, 1.807) is 0 Å². The zero-order chi connectivity index (χ0) is 23.1. The Kier molecular flexibility index (Phi) is 3.87. The zero-order valence-electron chi connectivity index (χ0n) is 17.6. The van der Waals surface area contributed by atoms with Crippen molar-refractivity contribution in [1.29, 1.82) is 0 Å². The van der Waals surface area contributed by atoms with Crippen molar-refractivity contribution in [2.45, 2.75) is 13.1 Å². The summed E-state index contributed by atoms with van der Waals surface area (Å²) in [6, 6.07) is 4.41. The van der Waals surface area contributed by atoms with Gasteiger partial charge in [-0.15, -0.1) is 0 Å². The SMILES string of the molecule is [2H]C([2H])([2H])Nc1c(C(=O)OC)c(=O)n(-c2cccnc2C)c2nc(C(F)(F)F)ccc12. The third-order valence-corrected chi connectivity index (χ3v) is 4.05. The summed E-state index contributed by atoms with van der Waals surface area (Å²) in [6.45, 7) is -1.37. The molecule has 0 aliphatic heterocycles. The van der Waals surface area contributed by atoms with Gasteiger partial charge in [0.2, 0.25) is 0 Å². The molecule has 3 aromatic rings. The molecule has 0 aromatic carbocycles. The molecule has 0 saturated carbocycles. The lowest BCUT2D eigenvalue weighted by molar-refractivity contribution is -0.141. The van der Waals surface area contributed by atoms with Crippen LogP contribution in [0.15, 0.2) is 35.3 Å². The van der Waals surface area contributed by atoms with Gasteiger partial charge in [-0.25, -0.2) is 9.78 Å². The monoisotopic (exact) mass is 395 g/mol. The molecule has 1 N–H and O–H groups in total. The predicted octanol–water partition coefficient (Wildman–Crippen LogP) is 2.94. The van der Waals surface area contributed by atoms with E-state index in [2.05, 4.69) is 14.7 Å². The van der Waals surface area contributed by atoms with E-state index in [-0.39, 0.29) is 16.8 Å². The third kappa shape index (κ3) is 3.06. The fourth-order valence-electron chi connectivity index (χ4n) is 2.78. The highest BCUT2D eigenvalue weighted by atomic mass is 19.4. The van der Waals surface area contributed by atoms with Gasteiger partial charge in [0, 0.05) is 22.7 Å². The molecule has 0 aliphatic rings. The topological polar surface area (TPSA) is 86.1 Å². The van der Waals surface area contributed by atoms with E-state index in [4.69, 9.17) is 4.11 Å². The summed E-state index contributed by atoms with van der Waals surface area (Å²) in [6.07, 6.45) is -3.43. The van der Waals surface area contributed by atoms with Crippen molar-refractivity contribution < 1.29 is 26.8 Å². The van der Waals surface area contributed by atoms with Crippen molar-refractivity contribution >= 4 is 22.7 Å². The average molecular weight is 395 g/mol. The van der Waals surface area contributed by atoms with Crippen molar-refractivity contribution in [3.8, 4) is 5.69 Å². The van der Waals surface area contributed by atoms with Gasteiger partial charge < -0.3 is 10.1 Å². The van der Waals surface area contributed by atoms with Crippen LogP contribution in [0, 0.1) is 6.92 Å². The Morgan fingerprint density at radius 3 is 2.68 bits per heavy atom. The normalized spacial score (nSPS) is 13.5. The largest absolute Gasteiger partial charge is 0.465 e. The number of anilines is 1. The number of ether oxygens (including phenoxy) is 1. The number of aryl methyl sites for hydroxylation is 1. The quantitative estimate of drug-likeness (QED) is 0.687. The van der Waals surface area contributed by atoms with Crippen molar-refractivity contribution in [1.82, 2.24) is 14.5 Å². The average Bonchev–Trinajstić information content (AvgIpc) is 2.66. The summed E-state index contributed by atoms with van der Waals surface area (Å²) in [5.41, 5.74) is -3.81. The maximum absolute atomic E-state index is 13.3. The maximum atomic E-state index is 13.3. The van der Waals surface area contributed by atoms with E-state index in [9.17, 15) is 22.8 Å². The molecule has 0 unspecified atom stereocenters. The van der Waals surface area contributed by atoms with Crippen LogP contribution in [0.1, 0.15) is 25.9 Å². The molecule has 0 fully saturated rings. The number of fused-ring (bicyclic) bond motifs is 1. The number of alkyl halides is 3. The van der Waals surface area contributed by atoms with Gasteiger partial charge in [0.15, 0.2) is 0 Å². The standard InChI is InChI=1S/C18H15F3N4O3/c1-9-11(5-4-8-23-9)25-15-10(6-7-12(24-15)18(19,20)21)14(22-2)13(16(25)26)17(27)28-3/h4-8,22H,1-3H3/i2D3. The van der Waals surface area contributed by atoms with Crippen LogP contribution in [0.3, 0.4) is 0 Å². The number of esters is 1. The number of halogens is 3. The molecule has 7 nitrogen and oxygen atoms in total. The van der Waals surface area contributed by atoms with Crippen LogP contribution in [0.4, 0.5) is 18.9 Å². The molecule has 0 bridgehead atoms. The van der Waals surface area contributed by atoms with Gasteiger partial charge >= 0.3 is 12.1 Å². The minimum atomic E-state index is -4.84. The summed E-state index contributed by atoms with van der Waals surface area (Å²) < 4.78 is 67.7. The molecule has 146 valence electrons. The first-order valence-corrected chi connectivity index (χ1v) is 7.80. The fraction of sp³-hybridized carbons (Fsp3) is 0.222. The summed E-state index contributed by atoms with van der Waals surface area (Å²) in [4.78, 5) is 33.3. The molecule has 28 heavy (non-hydrogen) atoms. The van der Waals surface area contributed by atoms with E-state index in [1.807, 2.05) is 5.32 Å². The lowest BCUT2D eigenvalue weighted by Gasteiger charge is -2.18. The number of carbonyl (C=O) groups excluding carboxylic acids is 1. The number of hydrogen-bond acceptors (Lipinski definition) is 6. The van der Waals surface area contributed by atoms with Crippen LogP contribution in [0.5, 0.6) is 0 Å².